The monoisotopic (exact) mass is 830 g/mol. The molecule has 2 aromatic heterocycles. The SMILES string of the molecule is CCCN(C(=O)[C@@H](NC(=O)OC)C(C)C)[C@@H](C)c1ncc(-c2ccc(-c3ccc(-c4ccc5nc([C@@H]6[C@H]7CC[C@H](C7)N6C(=O)[C@@H](NC(=O)OC)C(C)C)[nH]c5c4)cc3)cc2)[nH]1. The van der Waals surface area contributed by atoms with Crippen LogP contribution in [0.1, 0.15) is 91.0 Å². The summed E-state index contributed by atoms with van der Waals surface area (Å²) in [5.74, 6) is 1.24. The standard InChI is InChI=1S/C47H58N8O6/c1-9-22-54(44(56)39(26(2)3)52-46(58)60-7)28(6)42-48-25-38(51-42)32-16-14-30(15-17-32)29-10-12-31(13-11-29)33-19-21-36-37(24-33)50-43(49-36)41-34-18-20-35(23-34)55(41)45(57)40(27(4)5)53-47(59)61-8/h10-17,19,21,24-28,34-35,39-41H,9,18,20,22-23H2,1-8H3,(H,48,51)(H,49,50)(H,52,58)(H,53,59)/t28-,34-,35+,39-,40-,41-/m0/s1. The topological polar surface area (TPSA) is 175 Å². The number of nitrogens with zero attached hydrogens (tertiary/aromatic N) is 4. The molecule has 7 rings (SSSR count). The molecule has 6 atom stereocenters. The van der Waals surface area contributed by atoms with Crippen LogP contribution in [-0.4, -0.2) is 92.6 Å². The maximum Gasteiger partial charge on any atom is 0.407 e. The normalized spacial score (nSPS) is 18.6. The average molecular weight is 831 g/mol. The number of aromatic nitrogens is 4. The van der Waals surface area contributed by atoms with Crippen molar-refractivity contribution in [2.45, 2.75) is 97.4 Å². The zero-order valence-corrected chi connectivity index (χ0v) is 36.3. The quantitative estimate of drug-likeness (QED) is 0.0863. The summed E-state index contributed by atoms with van der Waals surface area (Å²) in [5.41, 5.74) is 7.83. The highest BCUT2D eigenvalue weighted by Gasteiger charge is 2.51. The third kappa shape index (κ3) is 8.85. The maximum atomic E-state index is 14.0. The molecule has 1 aliphatic carbocycles. The molecule has 2 aliphatic rings. The molecular weight excluding hydrogens is 773 g/mol. The number of ether oxygens (including phenoxy) is 2. The average Bonchev–Trinajstić information content (AvgIpc) is 4.10. The number of imidazole rings is 2. The van der Waals surface area contributed by atoms with Gasteiger partial charge < -0.3 is 39.9 Å². The molecule has 0 radical (unpaired) electrons. The number of H-pyrrole nitrogens is 2. The highest BCUT2D eigenvalue weighted by Crippen LogP contribution is 2.50. The van der Waals surface area contributed by atoms with Crippen LogP contribution in [0.4, 0.5) is 9.59 Å². The first-order chi connectivity index (χ1) is 29.3. The lowest BCUT2D eigenvalue weighted by atomic mass is 9.95. The van der Waals surface area contributed by atoms with E-state index in [1.54, 1.807) is 11.1 Å². The number of amides is 4. The predicted molar refractivity (Wildman–Crippen MR) is 234 cm³/mol. The van der Waals surface area contributed by atoms with Gasteiger partial charge in [-0.2, -0.15) is 0 Å². The Morgan fingerprint density at radius 2 is 1.36 bits per heavy atom. The van der Waals surface area contributed by atoms with E-state index in [1.807, 2.05) is 52.5 Å². The zero-order valence-electron chi connectivity index (χ0n) is 36.3. The predicted octanol–water partition coefficient (Wildman–Crippen LogP) is 8.40. The van der Waals surface area contributed by atoms with Crippen LogP contribution in [0.15, 0.2) is 72.9 Å². The lowest BCUT2D eigenvalue weighted by molar-refractivity contribution is -0.139. The summed E-state index contributed by atoms with van der Waals surface area (Å²) in [6, 6.07) is 21.2. The van der Waals surface area contributed by atoms with E-state index in [0.717, 1.165) is 76.1 Å². The molecule has 1 aliphatic heterocycles. The van der Waals surface area contributed by atoms with E-state index in [1.165, 1.54) is 14.2 Å². The zero-order chi connectivity index (χ0) is 43.5. The van der Waals surface area contributed by atoms with Gasteiger partial charge in [0.25, 0.3) is 0 Å². The Hall–Kier alpha value is -6.18. The van der Waals surface area contributed by atoms with E-state index in [-0.39, 0.29) is 41.8 Å². The summed E-state index contributed by atoms with van der Waals surface area (Å²) in [6.45, 7) is 12.1. The number of carbonyl (C=O) groups is 4. The summed E-state index contributed by atoms with van der Waals surface area (Å²) in [5, 5.41) is 5.46. The number of nitrogens with one attached hydrogen (secondary N) is 4. The highest BCUT2D eigenvalue weighted by molar-refractivity contribution is 5.88. The van der Waals surface area contributed by atoms with Gasteiger partial charge in [-0.25, -0.2) is 19.6 Å². The van der Waals surface area contributed by atoms with Crippen LogP contribution in [0.5, 0.6) is 0 Å². The van der Waals surface area contributed by atoms with E-state index in [9.17, 15) is 19.2 Å². The van der Waals surface area contributed by atoms with Gasteiger partial charge >= 0.3 is 12.2 Å². The van der Waals surface area contributed by atoms with Crippen molar-refractivity contribution in [2.24, 2.45) is 17.8 Å². The molecule has 1 saturated carbocycles. The number of likely N-dealkylation sites (tertiary alicyclic amines) is 1. The van der Waals surface area contributed by atoms with Crippen LogP contribution < -0.4 is 10.6 Å². The number of hydrogen-bond acceptors (Lipinski definition) is 8. The van der Waals surface area contributed by atoms with Crippen molar-refractivity contribution in [3.05, 3.63) is 84.6 Å². The molecule has 0 unspecified atom stereocenters. The number of methoxy groups -OCH3 is 2. The van der Waals surface area contributed by atoms with Crippen LogP contribution in [0, 0.1) is 17.8 Å². The van der Waals surface area contributed by atoms with Crippen LogP contribution in [0.25, 0.3) is 44.5 Å². The van der Waals surface area contributed by atoms with Crippen LogP contribution in [0.2, 0.25) is 0 Å². The number of carbonyl (C=O) groups excluding carboxylic acids is 4. The molecule has 4 N–H and O–H groups in total. The first-order valence-corrected chi connectivity index (χ1v) is 21.4. The van der Waals surface area contributed by atoms with Gasteiger partial charge in [0.05, 0.1) is 49.2 Å². The van der Waals surface area contributed by atoms with Gasteiger partial charge in [-0.3, -0.25) is 9.59 Å². The number of benzene rings is 3. The van der Waals surface area contributed by atoms with Crippen molar-refractivity contribution in [2.75, 3.05) is 20.8 Å². The number of fused-ring (bicyclic) bond motifs is 3. The molecule has 322 valence electrons. The molecular formula is C47H58N8O6. The Morgan fingerprint density at radius 3 is 1.95 bits per heavy atom. The molecule has 14 heteroatoms. The van der Waals surface area contributed by atoms with Gasteiger partial charge in [-0.1, -0.05) is 89.2 Å². The summed E-state index contributed by atoms with van der Waals surface area (Å²) in [7, 11) is 2.59. The summed E-state index contributed by atoms with van der Waals surface area (Å²) in [4.78, 5) is 72.3. The van der Waals surface area contributed by atoms with E-state index in [4.69, 9.17) is 14.5 Å². The molecule has 3 heterocycles. The van der Waals surface area contributed by atoms with Crippen molar-refractivity contribution >= 4 is 35.0 Å². The molecule has 2 fully saturated rings. The van der Waals surface area contributed by atoms with E-state index < -0.39 is 24.3 Å². The van der Waals surface area contributed by atoms with Crippen molar-refractivity contribution in [1.82, 2.24) is 40.4 Å². The smallest absolute Gasteiger partial charge is 0.407 e. The molecule has 1 saturated heterocycles. The minimum atomic E-state index is -0.725. The van der Waals surface area contributed by atoms with Gasteiger partial charge in [0.1, 0.15) is 23.7 Å². The Morgan fingerprint density at radius 1 is 0.787 bits per heavy atom. The number of piperidine rings is 1. The Balaban J connectivity index is 1.04. The number of alkyl carbamates (subject to hydrolysis) is 2. The molecule has 0 spiro atoms. The van der Waals surface area contributed by atoms with Crippen molar-refractivity contribution in [1.29, 1.82) is 0 Å². The maximum absolute atomic E-state index is 14.0. The molecule has 14 nitrogen and oxygen atoms in total. The van der Waals surface area contributed by atoms with Gasteiger partial charge in [0.2, 0.25) is 11.8 Å². The number of aromatic amines is 2. The molecule has 4 amide bonds. The van der Waals surface area contributed by atoms with Gasteiger partial charge in [-0.15, -0.1) is 0 Å². The van der Waals surface area contributed by atoms with Gasteiger partial charge in [-0.05, 0) is 90.3 Å². The summed E-state index contributed by atoms with van der Waals surface area (Å²) < 4.78 is 9.61. The summed E-state index contributed by atoms with van der Waals surface area (Å²) >= 11 is 0. The Bertz CT molecular complexity index is 2350. The lowest BCUT2D eigenvalue weighted by Crippen LogP contribution is -2.54. The molecule has 3 aromatic carbocycles. The largest absolute Gasteiger partial charge is 0.453 e. The highest BCUT2D eigenvalue weighted by atomic mass is 16.5. The molecule has 5 aromatic rings. The van der Waals surface area contributed by atoms with E-state index in [2.05, 4.69) is 86.2 Å². The first-order valence-electron chi connectivity index (χ1n) is 21.4. The number of hydrogen-bond donors (Lipinski definition) is 4. The third-order valence-corrected chi connectivity index (χ3v) is 12.4. The lowest BCUT2D eigenvalue weighted by Gasteiger charge is -2.37. The fourth-order valence-electron chi connectivity index (χ4n) is 9.02. The second-order valence-electron chi connectivity index (χ2n) is 17.0. The third-order valence-electron chi connectivity index (χ3n) is 12.4. The van der Waals surface area contributed by atoms with Crippen LogP contribution in [0.3, 0.4) is 0 Å². The molecule has 61 heavy (non-hydrogen) atoms. The van der Waals surface area contributed by atoms with E-state index >= 15 is 0 Å². The van der Waals surface area contributed by atoms with Crippen molar-refractivity contribution in [3.8, 4) is 33.5 Å². The summed E-state index contributed by atoms with van der Waals surface area (Å²) in [6.07, 6.45) is 4.21. The Labute approximate surface area is 357 Å². The minimum Gasteiger partial charge on any atom is -0.453 e. The van der Waals surface area contributed by atoms with Crippen molar-refractivity contribution < 1.29 is 28.7 Å². The first kappa shape index (κ1) is 42.9. The Kier molecular flexibility index (Phi) is 12.8. The fourth-order valence-corrected chi connectivity index (χ4v) is 9.02. The molecule has 2 bridgehead atoms. The van der Waals surface area contributed by atoms with Crippen LogP contribution in [-0.2, 0) is 19.1 Å². The van der Waals surface area contributed by atoms with Gasteiger partial charge in [0, 0.05) is 12.6 Å². The van der Waals surface area contributed by atoms with Gasteiger partial charge in [0.15, 0.2) is 0 Å². The number of rotatable bonds is 14. The fraction of sp³-hybridized carbons (Fsp3) is 0.447. The van der Waals surface area contributed by atoms with Crippen molar-refractivity contribution in [3.63, 3.8) is 0 Å². The second-order valence-corrected chi connectivity index (χ2v) is 17.0. The van der Waals surface area contributed by atoms with Crippen LogP contribution >= 0.6 is 0 Å². The van der Waals surface area contributed by atoms with E-state index in [0.29, 0.717) is 18.3 Å². The minimum absolute atomic E-state index is 0.0918. The second kappa shape index (κ2) is 18.2.